The highest BCUT2D eigenvalue weighted by molar-refractivity contribution is 7.91. The third-order valence-electron chi connectivity index (χ3n) is 5.77. The lowest BCUT2D eigenvalue weighted by atomic mass is 10.2. The molecule has 1 aliphatic heterocycles. The normalized spacial score (nSPS) is 20.2. The summed E-state index contributed by atoms with van der Waals surface area (Å²) in [6.45, 7) is -0.168. The van der Waals surface area contributed by atoms with Gasteiger partial charge in [-0.25, -0.2) is 17.8 Å². The van der Waals surface area contributed by atoms with Crippen LogP contribution in [0.2, 0.25) is 0 Å². The molecule has 5 rings (SSSR count). The predicted molar refractivity (Wildman–Crippen MR) is 116 cm³/mol. The highest BCUT2D eigenvalue weighted by Crippen LogP contribution is 2.33. The number of rotatable bonds is 5. The maximum atomic E-state index is 13.2. The number of thiophene rings is 1. The van der Waals surface area contributed by atoms with E-state index in [1.54, 1.807) is 23.1 Å². The van der Waals surface area contributed by atoms with Gasteiger partial charge in [-0.2, -0.15) is 0 Å². The summed E-state index contributed by atoms with van der Waals surface area (Å²) in [7, 11) is -3.11. The Hall–Kier alpha value is -2.59. The molecule has 1 amide bonds. The van der Waals surface area contributed by atoms with E-state index in [0.717, 1.165) is 23.3 Å². The number of aromatic nitrogens is 2. The summed E-state index contributed by atoms with van der Waals surface area (Å²) >= 11 is 1.25. The fourth-order valence-electron chi connectivity index (χ4n) is 4.09. The second kappa shape index (κ2) is 7.52. The predicted octanol–water partition coefficient (Wildman–Crippen LogP) is 2.44. The quantitative estimate of drug-likeness (QED) is 0.582. The summed E-state index contributed by atoms with van der Waals surface area (Å²) in [5.74, 6) is -0.488. The summed E-state index contributed by atoms with van der Waals surface area (Å²) < 4.78 is 38.7. The molecule has 3 aromatic rings. The van der Waals surface area contributed by atoms with Gasteiger partial charge in [-0.3, -0.25) is 14.2 Å². The van der Waals surface area contributed by atoms with Crippen molar-refractivity contribution >= 4 is 37.3 Å². The minimum atomic E-state index is -3.11. The van der Waals surface area contributed by atoms with Gasteiger partial charge >= 0.3 is 0 Å². The van der Waals surface area contributed by atoms with Crippen LogP contribution in [0.1, 0.15) is 19.3 Å². The molecule has 0 N–H and O–H groups in total. The number of sulfone groups is 1. The number of carbonyl (C=O) groups excluding carboxylic acids is 1. The van der Waals surface area contributed by atoms with E-state index in [1.807, 2.05) is 0 Å². The Labute approximate surface area is 182 Å². The second-order valence-corrected chi connectivity index (χ2v) is 11.4. The largest absolute Gasteiger partial charge is 0.334 e. The first-order valence-corrected chi connectivity index (χ1v) is 12.7. The zero-order valence-corrected chi connectivity index (χ0v) is 18.2. The number of halogens is 1. The second-order valence-electron chi connectivity index (χ2n) is 8.10. The Morgan fingerprint density at radius 1 is 1.19 bits per heavy atom. The molecule has 2 aliphatic rings. The molecular formula is C21H20FN3O4S2. The molecular weight excluding hydrogens is 441 g/mol. The molecule has 3 heterocycles. The van der Waals surface area contributed by atoms with Crippen molar-refractivity contribution < 1.29 is 17.6 Å². The zero-order chi connectivity index (χ0) is 21.8. The average molecular weight is 462 g/mol. The van der Waals surface area contributed by atoms with Crippen molar-refractivity contribution in [2.75, 3.05) is 11.5 Å². The molecule has 1 aliphatic carbocycles. The number of nitrogens with zero attached hydrogens (tertiary/aromatic N) is 3. The number of hydrogen-bond donors (Lipinski definition) is 0. The summed E-state index contributed by atoms with van der Waals surface area (Å²) in [5, 5.41) is 0. The van der Waals surface area contributed by atoms with Gasteiger partial charge in [0.1, 0.15) is 17.1 Å². The standard InChI is InChI=1S/C21H20FN3O4S2/c22-14-3-1-13(2-4-14)18-9-17-20(30-18)21(27)24(12-23-17)10-19(26)25(15-5-6-15)16-7-8-31(28,29)11-16/h1-4,9,12,15-16H,5-8,10-11H2/t16-/m0/s1. The van der Waals surface area contributed by atoms with E-state index in [-0.39, 0.29) is 47.4 Å². The first-order chi connectivity index (χ1) is 14.8. The lowest BCUT2D eigenvalue weighted by Gasteiger charge is -2.28. The molecule has 1 saturated carbocycles. The van der Waals surface area contributed by atoms with Gasteiger partial charge in [-0.15, -0.1) is 11.3 Å². The average Bonchev–Trinajstić information content (AvgIpc) is 3.34. The smallest absolute Gasteiger partial charge is 0.271 e. The molecule has 1 saturated heterocycles. The van der Waals surface area contributed by atoms with Gasteiger partial charge < -0.3 is 4.90 Å². The molecule has 10 heteroatoms. The van der Waals surface area contributed by atoms with E-state index in [4.69, 9.17) is 0 Å². The summed E-state index contributed by atoms with van der Waals surface area (Å²) in [6.07, 6.45) is 3.53. The number of fused-ring (bicyclic) bond motifs is 1. The molecule has 0 bridgehead atoms. The van der Waals surface area contributed by atoms with Gasteiger partial charge in [0, 0.05) is 17.0 Å². The van der Waals surface area contributed by atoms with Crippen molar-refractivity contribution in [3.63, 3.8) is 0 Å². The summed E-state index contributed by atoms with van der Waals surface area (Å²) in [4.78, 5) is 32.9. The molecule has 0 unspecified atom stereocenters. The first-order valence-electron chi connectivity index (χ1n) is 10.1. The van der Waals surface area contributed by atoms with E-state index in [9.17, 15) is 22.4 Å². The minimum absolute atomic E-state index is 0.00657. The van der Waals surface area contributed by atoms with Crippen LogP contribution in [0.15, 0.2) is 41.5 Å². The van der Waals surface area contributed by atoms with Gasteiger partial charge in [0.25, 0.3) is 5.56 Å². The van der Waals surface area contributed by atoms with Crippen LogP contribution in [-0.2, 0) is 21.2 Å². The fraction of sp³-hybridized carbons (Fsp3) is 0.381. The highest BCUT2D eigenvalue weighted by atomic mass is 32.2. The Morgan fingerprint density at radius 3 is 2.58 bits per heavy atom. The molecule has 2 aromatic heterocycles. The number of benzene rings is 1. The van der Waals surface area contributed by atoms with E-state index in [1.165, 1.54) is 34.4 Å². The van der Waals surface area contributed by atoms with E-state index >= 15 is 0 Å². The number of amides is 1. The number of hydrogen-bond acceptors (Lipinski definition) is 6. The molecule has 7 nitrogen and oxygen atoms in total. The van der Waals surface area contributed by atoms with E-state index in [2.05, 4.69) is 4.98 Å². The Kier molecular flexibility index (Phi) is 4.93. The Balaban J connectivity index is 1.42. The van der Waals surface area contributed by atoms with Crippen molar-refractivity contribution in [2.24, 2.45) is 0 Å². The van der Waals surface area contributed by atoms with Crippen LogP contribution in [-0.4, -0.2) is 52.4 Å². The SMILES string of the molecule is O=C(Cn1cnc2cc(-c3ccc(F)cc3)sc2c1=O)N(C1CC1)[C@H]1CCS(=O)(=O)C1. The lowest BCUT2D eigenvalue weighted by Crippen LogP contribution is -2.45. The maximum absolute atomic E-state index is 13.2. The molecule has 1 atom stereocenters. The topological polar surface area (TPSA) is 89.3 Å². The molecule has 0 spiro atoms. The van der Waals surface area contributed by atoms with Crippen molar-refractivity contribution in [1.82, 2.24) is 14.5 Å². The molecule has 31 heavy (non-hydrogen) atoms. The first kappa shape index (κ1) is 20.3. The van der Waals surface area contributed by atoms with Crippen LogP contribution < -0.4 is 5.56 Å². The van der Waals surface area contributed by atoms with Crippen LogP contribution in [0.4, 0.5) is 4.39 Å². The lowest BCUT2D eigenvalue weighted by molar-refractivity contribution is -0.134. The van der Waals surface area contributed by atoms with E-state index in [0.29, 0.717) is 16.6 Å². The van der Waals surface area contributed by atoms with Gasteiger partial charge in [-0.05, 0) is 43.0 Å². The monoisotopic (exact) mass is 461 g/mol. The maximum Gasteiger partial charge on any atom is 0.271 e. The Morgan fingerprint density at radius 2 is 1.94 bits per heavy atom. The zero-order valence-electron chi connectivity index (χ0n) is 16.5. The van der Waals surface area contributed by atoms with Crippen LogP contribution in [0.25, 0.3) is 20.7 Å². The molecule has 0 radical (unpaired) electrons. The van der Waals surface area contributed by atoms with Crippen LogP contribution in [0, 0.1) is 5.82 Å². The summed E-state index contributed by atoms with van der Waals surface area (Å²) in [5.41, 5.74) is 0.999. The van der Waals surface area contributed by atoms with Gasteiger partial charge in [0.15, 0.2) is 9.84 Å². The third kappa shape index (κ3) is 4.01. The molecule has 1 aromatic carbocycles. The van der Waals surface area contributed by atoms with Gasteiger partial charge in [0.2, 0.25) is 5.91 Å². The minimum Gasteiger partial charge on any atom is -0.334 e. The fourth-order valence-corrected chi connectivity index (χ4v) is 6.87. The summed E-state index contributed by atoms with van der Waals surface area (Å²) in [6, 6.07) is 7.53. The van der Waals surface area contributed by atoms with Crippen molar-refractivity contribution in [2.45, 2.75) is 37.9 Å². The van der Waals surface area contributed by atoms with Crippen molar-refractivity contribution in [3.8, 4) is 10.4 Å². The van der Waals surface area contributed by atoms with Crippen LogP contribution in [0.5, 0.6) is 0 Å². The molecule has 162 valence electrons. The number of carbonyl (C=O) groups is 1. The Bertz CT molecular complexity index is 1330. The highest BCUT2D eigenvalue weighted by Gasteiger charge is 2.42. The molecule has 2 fully saturated rings. The van der Waals surface area contributed by atoms with E-state index < -0.39 is 9.84 Å². The third-order valence-corrected chi connectivity index (χ3v) is 8.68. The van der Waals surface area contributed by atoms with Crippen molar-refractivity contribution in [1.29, 1.82) is 0 Å². The van der Waals surface area contributed by atoms with Gasteiger partial charge in [-0.1, -0.05) is 12.1 Å². The van der Waals surface area contributed by atoms with Gasteiger partial charge in [0.05, 0.1) is 23.3 Å². The van der Waals surface area contributed by atoms with Crippen LogP contribution >= 0.6 is 11.3 Å². The van der Waals surface area contributed by atoms with Crippen LogP contribution in [0.3, 0.4) is 0 Å². The van der Waals surface area contributed by atoms with Crippen molar-refractivity contribution in [3.05, 3.63) is 52.8 Å².